The number of carbonyl (C=O) groups is 1. The third kappa shape index (κ3) is 2.70. The first kappa shape index (κ1) is 13.4. The van der Waals surface area contributed by atoms with Crippen molar-refractivity contribution < 1.29 is 23.4 Å². The van der Waals surface area contributed by atoms with Gasteiger partial charge in [-0.3, -0.25) is 0 Å². The Bertz CT molecular complexity index is 726. The zero-order valence-corrected chi connectivity index (χ0v) is 9.80. The molecule has 7 heteroatoms. The van der Waals surface area contributed by atoms with Crippen molar-refractivity contribution in [1.29, 1.82) is 5.26 Å². The maximum absolute atomic E-state index is 13.6. The minimum atomic E-state index is -1.46. The van der Waals surface area contributed by atoms with Gasteiger partial charge in [-0.25, -0.2) is 18.6 Å². The summed E-state index contributed by atoms with van der Waals surface area (Å²) >= 11 is 0. The normalized spacial score (nSPS) is 9.85. The van der Waals surface area contributed by atoms with E-state index in [0.717, 1.165) is 18.3 Å². The number of hydrogen-bond acceptors (Lipinski definition) is 4. The van der Waals surface area contributed by atoms with Crippen LogP contribution in [0.25, 0.3) is 0 Å². The molecule has 5 nitrogen and oxygen atoms in total. The van der Waals surface area contributed by atoms with Gasteiger partial charge < -0.3 is 9.84 Å². The molecule has 2 rings (SSSR count). The number of carboxylic acid groups (broad SMARTS) is 1. The number of ether oxygens (including phenoxy) is 1. The van der Waals surface area contributed by atoms with E-state index in [4.69, 9.17) is 15.1 Å². The molecule has 1 N–H and O–H groups in total. The number of benzene rings is 1. The maximum atomic E-state index is 13.6. The van der Waals surface area contributed by atoms with Crippen molar-refractivity contribution in [2.24, 2.45) is 0 Å². The molecule has 0 saturated heterocycles. The summed E-state index contributed by atoms with van der Waals surface area (Å²) in [6, 6.07) is 5.84. The molecule has 0 atom stereocenters. The lowest BCUT2D eigenvalue weighted by Crippen LogP contribution is -2.03. The molecule has 0 fully saturated rings. The Morgan fingerprint density at radius 2 is 2.10 bits per heavy atom. The Morgan fingerprint density at radius 1 is 1.35 bits per heavy atom. The van der Waals surface area contributed by atoms with Gasteiger partial charge in [0.25, 0.3) is 0 Å². The van der Waals surface area contributed by atoms with E-state index in [1.54, 1.807) is 6.07 Å². The summed E-state index contributed by atoms with van der Waals surface area (Å²) in [5, 5.41) is 17.5. The van der Waals surface area contributed by atoms with Crippen LogP contribution in [0.4, 0.5) is 8.78 Å². The summed E-state index contributed by atoms with van der Waals surface area (Å²) in [4.78, 5) is 14.4. The van der Waals surface area contributed by atoms with Crippen LogP contribution in [0.3, 0.4) is 0 Å². The average Bonchev–Trinajstić information content (AvgIpc) is 2.42. The molecule has 0 aliphatic carbocycles. The molecule has 0 aliphatic rings. The summed E-state index contributed by atoms with van der Waals surface area (Å²) in [6.07, 6.45) is 0.753. The van der Waals surface area contributed by atoms with Crippen LogP contribution in [-0.2, 0) is 0 Å². The monoisotopic (exact) mass is 276 g/mol. The zero-order chi connectivity index (χ0) is 14.7. The first-order valence-corrected chi connectivity index (χ1v) is 5.27. The highest BCUT2D eigenvalue weighted by molar-refractivity contribution is 5.90. The van der Waals surface area contributed by atoms with Crippen LogP contribution >= 0.6 is 0 Å². The van der Waals surface area contributed by atoms with Crippen LogP contribution in [-0.4, -0.2) is 16.1 Å². The van der Waals surface area contributed by atoms with E-state index in [0.29, 0.717) is 6.07 Å². The molecule has 1 aromatic carbocycles. The van der Waals surface area contributed by atoms with Gasteiger partial charge in [0.15, 0.2) is 11.6 Å². The number of rotatable bonds is 3. The highest BCUT2D eigenvalue weighted by Gasteiger charge is 2.16. The molecule has 100 valence electrons. The Balaban J connectivity index is 2.40. The van der Waals surface area contributed by atoms with Gasteiger partial charge in [-0.15, -0.1) is 0 Å². The number of pyridine rings is 1. The standard InChI is InChI=1S/C13H6F2N2O3/c14-8-4-9(13(18)19)12(17-6-8)20-11-2-1-7(5-16)3-10(11)15/h1-4,6H,(H,18,19). The van der Waals surface area contributed by atoms with E-state index in [9.17, 15) is 13.6 Å². The van der Waals surface area contributed by atoms with Crippen molar-refractivity contribution in [3.8, 4) is 17.7 Å². The minimum absolute atomic E-state index is 0.0837. The molecule has 2 aromatic rings. The highest BCUT2D eigenvalue weighted by Crippen LogP contribution is 2.26. The topological polar surface area (TPSA) is 83.2 Å². The number of aromatic carboxylic acids is 1. The van der Waals surface area contributed by atoms with Crippen LogP contribution in [0.15, 0.2) is 30.5 Å². The van der Waals surface area contributed by atoms with Crippen molar-refractivity contribution in [1.82, 2.24) is 4.98 Å². The number of nitriles is 1. The molecule has 0 spiro atoms. The lowest BCUT2D eigenvalue weighted by Gasteiger charge is -2.08. The molecule has 0 aliphatic heterocycles. The molecule has 0 bridgehead atoms. The van der Waals surface area contributed by atoms with E-state index < -0.39 is 29.0 Å². The van der Waals surface area contributed by atoms with Crippen LogP contribution in [0.1, 0.15) is 15.9 Å². The smallest absolute Gasteiger partial charge is 0.341 e. The zero-order valence-electron chi connectivity index (χ0n) is 9.80. The molecule has 0 saturated carbocycles. The van der Waals surface area contributed by atoms with Crippen molar-refractivity contribution in [2.45, 2.75) is 0 Å². The van der Waals surface area contributed by atoms with Gasteiger partial charge in [0.2, 0.25) is 5.88 Å². The SMILES string of the molecule is N#Cc1ccc(Oc2ncc(F)cc2C(=O)O)c(F)c1. The Kier molecular flexibility index (Phi) is 3.57. The summed E-state index contributed by atoms with van der Waals surface area (Å²) < 4.78 is 31.6. The van der Waals surface area contributed by atoms with E-state index in [1.165, 1.54) is 6.07 Å². The predicted octanol–water partition coefficient (Wildman–Crippen LogP) is 2.72. The summed E-state index contributed by atoms with van der Waals surface area (Å²) in [5.41, 5.74) is -0.450. The van der Waals surface area contributed by atoms with Gasteiger partial charge in [0.05, 0.1) is 17.8 Å². The maximum Gasteiger partial charge on any atom is 0.341 e. The number of aromatic nitrogens is 1. The lowest BCUT2D eigenvalue weighted by atomic mass is 10.2. The minimum Gasteiger partial charge on any atom is -0.477 e. The number of hydrogen-bond donors (Lipinski definition) is 1. The Hall–Kier alpha value is -3.01. The largest absolute Gasteiger partial charge is 0.477 e. The van der Waals surface area contributed by atoms with Crippen molar-refractivity contribution in [3.05, 3.63) is 53.2 Å². The van der Waals surface area contributed by atoms with Gasteiger partial charge in [-0.05, 0) is 24.3 Å². The van der Waals surface area contributed by atoms with Gasteiger partial charge >= 0.3 is 5.97 Å². The fourth-order valence-electron chi connectivity index (χ4n) is 1.42. The van der Waals surface area contributed by atoms with Gasteiger partial charge in [0, 0.05) is 0 Å². The number of nitrogens with zero attached hydrogens (tertiary/aromatic N) is 2. The molecule has 0 radical (unpaired) electrons. The summed E-state index contributed by atoms with van der Waals surface area (Å²) in [7, 11) is 0. The van der Waals surface area contributed by atoms with Crippen LogP contribution in [0, 0.1) is 23.0 Å². The van der Waals surface area contributed by atoms with Crippen LogP contribution in [0.2, 0.25) is 0 Å². The third-order valence-electron chi connectivity index (χ3n) is 2.32. The summed E-state index contributed by atoms with van der Waals surface area (Å²) in [5.74, 6) is -3.92. The van der Waals surface area contributed by atoms with Gasteiger partial charge in [-0.1, -0.05) is 0 Å². The average molecular weight is 276 g/mol. The molecule has 0 unspecified atom stereocenters. The molecular formula is C13H6F2N2O3. The first-order valence-electron chi connectivity index (χ1n) is 5.27. The van der Waals surface area contributed by atoms with Crippen molar-refractivity contribution in [3.63, 3.8) is 0 Å². The molecule has 1 aromatic heterocycles. The van der Waals surface area contributed by atoms with E-state index >= 15 is 0 Å². The number of halogens is 2. The predicted molar refractivity (Wildman–Crippen MR) is 62.3 cm³/mol. The Labute approximate surface area is 111 Å². The third-order valence-corrected chi connectivity index (χ3v) is 2.32. The van der Waals surface area contributed by atoms with E-state index in [-0.39, 0.29) is 11.3 Å². The van der Waals surface area contributed by atoms with Crippen LogP contribution in [0.5, 0.6) is 11.6 Å². The highest BCUT2D eigenvalue weighted by atomic mass is 19.1. The first-order chi connectivity index (χ1) is 9.51. The molecule has 0 amide bonds. The number of carboxylic acids is 1. The van der Waals surface area contributed by atoms with Gasteiger partial charge in [0.1, 0.15) is 11.4 Å². The van der Waals surface area contributed by atoms with Crippen molar-refractivity contribution in [2.75, 3.05) is 0 Å². The lowest BCUT2D eigenvalue weighted by molar-refractivity contribution is 0.0692. The van der Waals surface area contributed by atoms with Crippen molar-refractivity contribution >= 4 is 5.97 Å². The second-order valence-corrected chi connectivity index (χ2v) is 3.67. The fourth-order valence-corrected chi connectivity index (χ4v) is 1.42. The fraction of sp³-hybridized carbons (Fsp3) is 0. The van der Waals surface area contributed by atoms with E-state index in [1.807, 2.05) is 0 Å². The van der Waals surface area contributed by atoms with Gasteiger partial charge in [-0.2, -0.15) is 5.26 Å². The molecule has 20 heavy (non-hydrogen) atoms. The molecular weight excluding hydrogens is 270 g/mol. The second-order valence-electron chi connectivity index (χ2n) is 3.67. The molecule has 1 heterocycles. The van der Waals surface area contributed by atoms with E-state index in [2.05, 4.69) is 4.98 Å². The Morgan fingerprint density at radius 3 is 2.70 bits per heavy atom. The quantitative estimate of drug-likeness (QED) is 0.931. The summed E-state index contributed by atoms with van der Waals surface area (Å²) in [6.45, 7) is 0. The van der Waals surface area contributed by atoms with Crippen LogP contribution < -0.4 is 4.74 Å². The second kappa shape index (κ2) is 5.32.